The van der Waals surface area contributed by atoms with Crippen LogP contribution >= 0.6 is 0 Å². The number of H-pyrrole nitrogens is 1. The van der Waals surface area contributed by atoms with Crippen molar-refractivity contribution < 1.29 is 18.7 Å². The second kappa shape index (κ2) is 8.54. The van der Waals surface area contributed by atoms with Gasteiger partial charge in [-0.3, -0.25) is 14.8 Å². The fourth-order valence-electron chi connectivity index (χ4n) is 4.05. The highest BCUT2D eigenvalue weighted by molar-refractivity contribution is 5.96. The highest BCUT2D eigenvalue weighted by Crippen LogP contribution is 2.30. The van der Waals surface area contributed by atoms with Gasteiger partial charge >= 0.3 is 5.97 Å². The number of nitrogens with two attached hydrogens (primary N) is 1. The molecule has 0 bridgehead atoms. The number of nitrogens with one attached hydrogen (secondary N) is 1. The minimum atomic E-state index is -0.462. The summed E-state index contributed by atoms with van der Waals surface area (Å²) < 4.78 is 10.9. The van der Waals surface area contributed by atoms with Crippen molar-refractivity contribution in [2.45, 2.75) is 25.3 Å². The first-order valence-electron chi connectivity index (χ1n) is 9.88. The van der Waals surface area contributed by atoms with Gasteiger partial charge in [0.1, 0.15) is 11.5 Å². The molecule has 8 nitrogen and oxygen atoms in total. The van der Waals surface area contributed by atoms with Crippen LogP contribution in [-0.4, -0.2) is 47.2 Å². The molecule has 1 atom stereocenters. The molecule has 1 aliphatic heterocycles. The molecule has 0 saturated carbocycles. The number of likely N-dealkylation sites (tertiary alicyclic amines) is 1. The number of carbonyl (C=O) groups excluding carboxylic acids is 2. The normalized spacial score (nSPS) is 17.0. The van der Waals surface area contributed by atoms with Gasteiger partial charge in [-0.15, -0.1) is 0 Å². The standard InChI is InChI=1S/C22H24N4O4/c1-29-22(28)17-7-3-2-6-16(17)19-9-8-15(30-19)13-26-10-4-5-14(12-26)20-18(21(23)27)11-24-25-20/h2-3,6-9,11,14H,4-5,10,12-13H2,1H3,(H2,23,27)(H,24,25). The number of aromatic nitrogens is 2. The van der Waals surface area contributed by atoms with Gasteiger partial charge in [0.2, 0.25) is 0 Å². The number of benzene rings is 1. The molecule has 4 rings (SSSR count). The van der Waals surface area contributed by atoms with E-state index in [0.717, 1.165) is 37.4 Å². The third-order valence-electron chi connectivity index (χ3n) is 5.49. The number of nitrogens with zero attached hydrogens (tertiary/aromatic N) is 2. The Hall–Kier alpha value is -3.39. The number of piperidine rings is 1. The number of rotatable bonds is 6. The van der Waals surface area contributed by atoms with E-state index in [1.54, 1.807) is 12.1 Å². The third-order valence-corrected chi connectivity index (χ3v) is 5.49. The Kier molecular flexibility index (Phi) is 5.67. The van der Waals surface area contributed by atoms with E-state index in [1.165, 1.54) is 13.3 Å². The van der Waals surface area contributed by atoms with Crippen molar-refractivity contribution in [3.63, 3.8) is 0 Å². The maximum atomic E-state index is 12.0. The van der Waals surface area contributed by atoms with Gasteiger partial charge in [-0.1, -0.05) is 18.2 Å². The van der Waals surface area contributed by atoms with E-state index in [1.807, 2.05) is 24.3 Å². The molecule has 0 spiro atoms. The van der Waals surface area contributed by atoms with Crippen LogP contribution in [0.15, 0.2) is 47.0 Å². The molecule has 2 aromatic heterocycles. The van der Waals surface area contributed by atoms with Crippen LogP contribution in [0.25, 0.3) is 11.3 Å². The van der Waals surface area contributed by atoms with E-state index < -0.39 is 11.9 Å². The molecule has 3 aromatic rings. The number of carbonyl (C=O) groups is 2. The summed E-state index contributed by atoms with van der Waals surface area (Å²) in [6.07, 6.45) is 3.46. The molecule has 1 aromatic carbocycles. The molecule has 3 N–H and O–H groups in total. The number of methoxy groups -OCH3 is 1. The number of esters is 1. The zero-order valence-corrected chi connectivity index (χ0v) is 16.8. The zero-order chi connectivity index (χ0) is 21.1. The van der Waals surface area contributed by atoms with Gasteiger partial charge in [0, 0.05) is 18.0 Å². The molecule has 0 radical (unpaired) electrons. The summed E-state index contributed by atoms with van der Waals surface area (Å²) >= 11 is 0. The van der Waals surface area contributed by atoms with Gasteiger partial charge in [0.15, 0.2) is 0 Å². The number of hydrogen-bond donors (Lipinski definition) is 2. The SMILES string of the molecule is COC(=O)c1ccccc1-c1ccc(CN2CCCC(c3[nH]ncc3C(N)=O)C2)o1. The fraction of sp³-hybridized carbons (Fsp3) is 0.318. The molecule has 1 unspecified atom stereocenters. The summed E-state index contributed by atoms with van der Waals surface area (Å²) in [5, 5.41) is 6.94. The Morgan fingerprint density at radius 2 is 2.10 bits per heavy atom. The first-order valence-corrected chi connectivity index (χ1v) is 9.88. The lowest BCUT2D eigenvalue weighted by atomic mass is 9.92. The fourth-order valence-corrected chi connectivity index (χ4v) is 4.05. The molecule has 156 valence electrons. The molecule has 0 aliphatic carbocycles. The van der Waals surface area contributed by atoms with E-state index in [-0.39, 0.29) is 5.92 Å². The summed E-state index contributed by atoms with van der Waals surface area (Å²) in [5.74, 6) is 0.746. The highest BCUT2D eigenvalue weighted by atomic mass is 16.5. The lowest BCUT2D eigenvalue weighted by Crippen LogP contribution is -2.34. The van der Waals surface area contributed by atoms with Gasteiger partial charge in [-0.05, 0) is 37.6 Å². The first-order chi connectivity index (χ1) is 14.6. The molecule has 1 fully saturated rings. The quantitative estimate of drug-likeness (QED) is 0.606. The van der Waals surface area contributed by atoms with Crippen molar-refractivity contribution in [1.29, 1.82) is 0 Å². The van der Waals surface area contributed by atoms with E-state index in [2.05, 4.69) is 15.1 Å². The Morgan fingerprint density at radius 1 is 1.27 bits per heavy atom. The predicted molar refractivity (Wildman–Crippen MR) is 110 cm³/mol. The maximum Gasteiger partial charge on any atom is 0.338 e. The largest absolute Gasteiger partial charge is 0.465 e. The summed E-state index contributed by atoms with van der Waals surface area (Å²) in [7, 11) is 1.36. The monoisotopic (exact) mass is 408 g/mol. The van der Waals surface area contributed by atoms with Crippen LogP contribution in [0.2, 0.25) is 0 Å². The highest BCUT2D eigenvalue weighted by Gasteiger charge is 2.27. The number of primary amides is 1. The summed E-state index contributed by atoms with van der Waals surface area (Å²) in [6, 6.07) is 11.0. The van der Waals surface area contributed by atoms with Gasteiger partial charge < -0.3 is 14.9 Å². The molecular weight excluding hydrogens is 384 g/mol. The second-order valence-corrected chi connectivity index (χ2v) is 7.44. The average molecular weight is 408 g/mol. The van der Waals surface area contributed by atoms with Crippen LogP contribution in [-0.2, 0) is 11.3 Å². The van der Waals surface area contributed by atoms with Crippen molar-refractivity contribution >= 4 is 11.9 Å². The number of aromatic amines is 1. The van der Waals surface area contributed by atoms with Crippen LogP contribution < -0.4 is 5.73 Å². The predicted octanol–water partition coefficient (Wildman–Crippen LogP) is 2.93. The van der Waals surface area contributed by atoms with Crippen molar-refractivity contribution in [3.05, 3.63) is 65.2 Å². The smallest absolute Gasteiger partial charge is 0.338 e. The number of ether oxygens (including phenoxy) is 1. The van der Waals surface area contributed by atoms with Crippen LogP contribution in [0.4, 0.5) is 0 Å². The maximum absolute atomic E-state index is 12.0. The lowest BCUT2D eigenvalue weighted by molar-refractivity contribution is 0.0601. The van der Waals surface area contributed by atoms with Crippen molar-refractivity contribution in [3.8, 4) is 11.3 Å². The molecule has 3 heterocycles. The van der Waals surface area contributed by atoms with Crippen molar-refractivity contribution in [1.82, 2.24) is 15.1 Å². The molecule has 30 heavy (non-hydrogen) atoms. The van der Waals surface area contributed by atoms with Crippen molar-refractivity contribution in [2.24, 2.45) is 5.73 Å². The molecule has 1 saturated heterocycles. The van der Waals surface area contributed by atoms with Crippen molar-refractivity contribution in [2.75, 3.05) is 20.2 Å². The third kappa shape index (κ3) is 3.99. The minimum absolute atomic E-state index is 0.165. The minimum Gasteiger partial charge on any atom is -0.465 e. The van der Waals surface area contributed by atoms with Crippen LogP contribution in [0.1, 0.15) is 50.9 Å². The van der Waals surface area contributed by atoms with E-state index in [9.17, 15) is 9.59 Å². The Balaban J connectivity index is 1.49. The first kappa shape index (κ1) is 19.9. The average Bonchev–Trinajstić information content (AvgIpc) is 3.43. The van der Waals surface area contributed by atoms with Crippen LogP contribution in [0.3, 0.4) is 0 Å². The van der Waals surface area contributed by atoms with Crippen LogP contribution in [0.5, 0.6) is 0 Å². The summed E-state index contributed by atoms with van der Waals surface area (Å²) in [5.41, 5.74) is 7.90. The van der Waals surface area contributed by atoms with Gasteiger partial charge in [-0.2, -0.15) is 5.10 Å². The van der Waals surface area contributed by atoms with Crippen LogP contribution in [0, 0.1) is 0 Å². The van der Waals surface area contributed by atoms with Gasteiger partial charge in [0.25, 0.3) is 5.91 Å². The summed E-state index contributed by atoms with van der Waals surface area (Å²) in [4.78, 5) is 26.0. The zero-order valence-electron chi connectivity index (χ0n) is 16.8. The Labute approximate surface area is 174 Å². The molecule has 1 aliphatic rings. The molecule has 1 amide bonds. The number of amides is 1. The number of furan rings is 1. The summed E-state index contributed by atoms with van der Waals surface area (Å²) in [6.45, 7) is 2.35. The van der Waals surface area contributed by atoms with E-state index in [0.29, 0.717) is 29.0 Å². The van der Waals surface area contributed by atoms with Gasteiger partial charge in [-0.25, -0.2) is 4.79 Å². The lowest BCUT2D eigenvalue weighted by Gasteiger charge is -2.31. The number of hydrogen-bond acceptors (Lipinski definition) is 6. The van der Waals surface area contributed by atoms with E-state index in [4.69, 9.17) is 14.9 Å². The van der Waals surface area contributed by atoms with E-state index >= 15 is 0 Å². The Morgan fingerprint density at radius 3 is 2.90 bits per heavy atom. The molecule has 8 heteroatoms. The second-order valence-electron chi connectivity index (χ2n) is 7.44. The van der Waals surface area contributed by atoms with Gasteiger partial charge in [0.05, 0.1) is 36.7 Å². The Bertz CT molecular complexity index is 1050. The molecular formula is C22H24N4O4. The topological polar surface area (TPSA) is 114 Å².